The topological polar surface area (TPSA) is 57.5 Å². The van der Waals surface area contributed by atoms with Crippen LogP contribution in [0.1, 0.15) is 44.7 Å². The average molecular weight is 319 g/mol. The van der Waals surface area contributed by atoms with Crippen molar-refractivity contribution in [3.05, 3.63) is 24.0 Å². The van der Waals surface area contributed by atoms with Gasteiger partial charge in [-0.2, -0.15) is 0 Å². The normalized spacial score (nSPS) is 31.3. The van der Waals surface area contributed by atoms with Crippen molar-refractivity contribution in [2.75, 3.05) is 6.54 Å². The third-order valence-corrected chi connectivity index (χ3v) is 5.65. The molecule has 2 heterocycles. The van der Waals surface area contributed by atoms with Gasteiger partial charge in [0, 0.05) is 37.4 Å². The van der Waals surface area contributed by atoms with Crippen LogP contribution in [0.2, 0.25) is 0 Å². The molecule has 2 aliphatic rings. The van der Waals surface area contributed by atoms with Crippen molar-refractivity contribution in [1.29, 1.82) is 0 Å². The molecule has 1 aromatic heterocycles. The Morgan fingerprint density at radius 3 is 2.96 bits per heavy atom. The number of aliphatic hydroxyl groups is 1. The summed E-state index contributed by atoms with van der Waals surface area (Å²) in [7, 11) is 1.99. The summed E-state index contributed by atoms with van der Waals surface area (Å²) in [5.74, 6) is 0.888. The van der Waals surface area contributed by atoms with Crippen LogP contribution in [0, 0.1) is 11.8 Å². The van der Waals surface area contributed by atoms with Gasteiger partial charge in [0.1, 0.15) is 0 Å². The van der Waals surface area contributed by atoms with Gasteiger partial charge >= 0.3 is 6.03 Å². The number of nitrogens with one attached hydrogen (secondary N) is 1. The lowest BCUT2D eigenvalue weighted by Crippen LogP contribution is -2.49. The molecule has 1 aliphatic carbocycles. The molecule has 2 N–H and O–H groups in total. The van der Waals surface area contributed by atoms with E-state index < -0.39 is 0 Å². The molecule has 128 valence electrons. The van der Waals surface area contributed by atoms with E-state index in [4.69, 9.17) is 0 Å². The summed E-state index contributed by atoms with van der Waals surface area (Å²) in [6, 6.07) is 4.22. The second kappa shape index (κ2) is 6.95. The fraction of sp³-hybridized carbons (Fsp3) is 0.722. The Bertz CT molecular complexity index is 542. The average Bonchev–Trinajstić information content (AvgIpc) is 3.16. The van der Waals surface area contributed by atoms with Crippen molar-refractivity contribution in [2.45, 2.75) is 57.7 Å². The summed E-state index contributed by atoms with van der Waals surface area (Å²) in [6.07, 6.45) is 6.81. The number of hydrogen-bond acceptors (Lipinski definition) is 2. The van der Waals surface area contributed by atoms with Crippen LogP contribution in [0.15, 0.2) is 18.3 Å². The Hall–Kier alpha value is -1.49. The fourth-order valence-corrected chi connectivity index (χ4v) is 4.26. The Morgan fingerprint density at radius 2 is 2.22 bits per heavy atom. The second-order valence-corrected chi connectivity index (χ2v) is 7.32. The summed E-state index contributed by atoms with van der Waals surface area (Å²) in [6.45, 7) is 3.62. The van der Waals surface area contributed by atoms with Crippen LogP contribution in [0.3, 0.4) is 0 Å². The molecule has 0 aromatic carbocycles. The Morgan fingerprint density at radius 1 is 1.39 bits per heavy atom. The maximum atomic E-state index is 12.6. The first kappa shape index (κ1) is 16.4. The molecule has 0 radical (unpaired) electrons. The van der Waals surface area contributed by atoms with Gasteiger partial charge in [0.25, 0.3) is 0 Å². The van der Waals surface area contributed by atoms with Crippen LogP contribution in [0.5, 0.6) is 0 Å². The Balaban J connectivity index is 1.61. The zero-order valence-electron chi connectivity index (χ0n) is 14.2. The van der Waals surface area contributed by atoms with Crippen molar-refractivity contribution in [3.8, 4) is 0 Å². The van der Waals surface area contributed by atoms with Gasteiger partial charge in [0.2, 0.25) is 0 Å². The minimum Gasteiger partial charge on any atom is -0.393 e. The monoisotopic (exact) mass is 319 g/mol. The van der Waals surface area contributed by atoms with Crippen LogP contribution in [-0.2, 0) is 13.6 Å². The van der Waals surface area contributed by atoms with Gasteiger partial charge in [-0.1, -0.05) is 6.92 Å². The Labute approximate surface area is 138 Å². The van der Waals surface area contributed by atoms with Gasteiger partial charge in [-0.25, -0.2) is 4.79 Å². The van der Waals surface area contributed by atoms with Gasteiger partial charge in [0.05, 0.1) is 12.6 Å². The van der Waals surface area contributed by atoms with Gasteiger partial charge in [0.15, 0.2) is 0 Å². The van der Waals surface area contributed by atoms with E-state index in [2.05, 4.69) is 12.2 Å². The summed E-state index contributed by atoms with van der Waals surface area (Å²) < 4.78 is 2.02. The summed E-state index contributed by atoms with van der Waals surface area (Å²) in [5.41, 5.74) is 1.10. The highest BCUT2D eigenvalue weighted by atomic mass is 16.3. The standard InChI is InChI=1S/C18H29N3O2/c1-13-7-8-17(22)15(11-13)16-6-4-10-21(16)18(23)19-12-14-5-3-9-20(14)2/h3,5,9,13,15-17,22H,4,6-8,10-12H2,1-2H3,(H,19,23). The van der Waals surface area contributed by atoms with E-state index in [0.29, 0.717) is 12.5 Å². The number of rotatable bonds is 3. The molecule has 1 saturated carbocycles. The van der Waals surface area contributed by atoms with Crippen LogP contribution in [-0.4, -0.2) is 39.3 Å². The largest absolute Gasteiger partial charge is 0.393 e. The fourth-order valence-electron chi connectivity index (χ4n) is 4.26. The number of aromatic nitrogens is 1. The molecule has 2 amide bonds. The lowest BCUT2D eigenvalue weighted by Gasteiger charge is -2.39. The molecule has 23 heavy (non-hydrogen) atoms. The van der Waals surface area contributed by atoms with E-state index in [1.54, 1.807) is 0 Å². The van der Waals surface area contributed by atoms with E-state index in [1.807, 2.05) is 34.8 Å². The van der Waals surface area contributed by atoms with E-state index in [-0.39, 0.29) is 24.1 Å². The third-order valence-electron chi connectivity index (χ3n) is 5.65. The van der Waals surface area contributed by atoms with E-state index in [1.165, 1.54) is 0 Å². The van der Waals surface area contributed by atoms with E-state index in [9.17, 15) is 9.90 Å². The predicted octanol–water partition coefficient (Wildman–Crippen LogP) is 2.50. The number of nitrogens with zero attached hydrogens (tertiary/aromatic N) is 2. The number of hydrogen-bond donors (Lipinski definition) is 2. The molecule has 0 bridgehead atoms. The van der Waals surface area contributed by atoms with E-state index >= 15 is 0 Å². The first-order valence-corrected chi connectivity index (χ1v) is 8.89. The van der Waals surface area contributed by atoms with Crippen molar-refractivity contribution in [1.82, 2.24) is 14.8 Å². The smallest absolute Gasteiger partial charge is 0.317 e. The zero-order valence-corrected chi connectivity index (χ0v) is 14.2. The Kier molecular flexibility index (Phi) is 4.95. The van der Waals surface area contributed by atoms with Crippen LogP contribution in [0.25, 0.3) is 0 Å². The quantitative estimate of drug-likeness (QED) is 0.899. The lowest BCUT2D eigenvalue weighted by molar-refractivity contribution is 0.0153. The number of likely N-dealkylation sites (tertiary alicyclic amines) is 1. The minimum atomic E-state index is -0.252. The molecule has 1 aromatic rings. The lowest BCUT2D eigenvalue weighted by atomic mass is 9.76. The highest BCUT2D eigenvalue weighted by Crippen LogP contribution is 2.37. The summed E-state index contributed by atoms with van der Waals surface area (Å²) in [5, 5.41) is 13.4. The first-order valence-electron chi connectivity index (χ1n) is 8.89. The number of carbonyl (C=O) groups excluding carboxylic acids is 1. The number of aryl methyl sites for hydroxylation is 1. The number of amides is 2. The molecule has 2 fully saturated rings. The van der Waals surface area contributed by atoms with Gasteiger partial charge < -0.3 is 19.9 Å². The first-order chi connectivity index (χ1) is 11.1. The molecule has 4 unspecified atom stereocenters. The summed E-state index contributed by atoms with van der Waals surface area (Å²) >= 11 is 0. The van der Waals surface area contributed by atoms with Gasteiger partial charge in [-0.05, 0) is 50.2 Å². The maximum Gasteiger partial charge on any atom is 0.317 e. The molecule has 4 atom stereocenters. The molecule has 5 heteroatoms. The second-order valence-electron chi connectivity index (χ2n) is 7.32. The highest BCUT2D eigenvalue weighted by Gasteiger charge is 2.40. The molecular weight excluding hydrogens is 290 g/mol. The van der Waals surface area contributed by atoms with Gasteiger partial charge in [-0.3, -0.25) is 0 Å². The molecule has 1 saturated heterocycles. The molecular formula is C18H29N3O2. The van der Waals surface area contributed by atoms with Crippen molar-refractivity contribution >= 4 is 6.03 Å². The number of carbonyl (C=O) groups is 1. The number of aliphatic hydroxyl groups excluding tert-OH is 1. The molecule has 0 spiro atoms. The van der Waals surface area contributed by atoms with Crippen LogP contribution < -0.4 is 5.32 Å². The highest BCUT2D eigenvalue weighted by molar-refractivity contribution is 5.74. The van der Waals surface area contributed by atoms with Crippen molar-refractivity contribution in [3.63, 3.8) is 0 Å². The molecule has 5 nitrogen and oxygen atoms in total. The van der Waals surface area contributed by atoms with Crippen LogP contribution >= 0.6 is 0 Å². The van der Waals surface area contributed by atoms with E-state index in [0.717, 1.165) is 44.3 Å². The summed E-state index contributed by atoms with van der Waals surface area (Å²) in [4.78, 5) is 14.6. The van der Waals surface area contributed by atoms with Crippen molar-refractivity contribution in [2.24, 2.45) is 18.9 Å². The zero-order chi connectivity index (χ0) is 16.4. The van der Waals surface area contributed by atoms with Crippen molar-refractivity contribution < 1.29 is 9.90 Å². The number of urea groups is 1. The minimum absolute atomic E-state index is 0.0131. The van der Waals surface area contributed by atoms with Crippen LogP contribution in [0.4, 0.5) is 4.79 Å². The SMILES string of the molecule is CC1CCC(O)C(C2CCCN2C(=O)NCc2cccn2C)C1. The molecule has 1 aliphatic heterocycles. The third kappa shape index (κ3) is 3.55. The predicted molar refractivity (Wildman–Crippen MR) is 89.9 cm³/mol. The molecule has 3 rings (SSSR count). The maximum absolute atomic E-state index is 12.6. The van der Waals surface area contributed by atoms with Gasteiger partial charge in [-0.15, -0.1) is 0 Å².